The predicted molar refractivity (Wildman–Crippen MR) is 240 cm³/mol. The molecule has 62 heavy (non-hydrogen) atoms. The summed E-state index contributed by atoms with van der Waals surface area (Å²) in [5, 5.41) is 14.6. The summed E-state index contributed by atoms with van der Waals surface area (Å²) in [5.41, 5.74) is 23.1. The second-order valence-electron chi connectivity index (χ2n) is 15.6. The highest BCUT2D eigenvalue weighted by Gasteiger charge is 2.35. The molecular weight excluding hydrogens is 783 g/mol. The molecule has 3 aromatic heterocycles. The summed E-state index contributed by atoms with van der Waals surface area (Å²) in [4.78, 5) is 54.1. The summed E-state index contributed by atoms with van der Waals surface area (Å²) < 4.78 is 7.64. The number of aliphatic hydroxyl groups is 1. The smallest absolute Gasteiger partial charge is 0.269 e. The lowest BCUT2D eigenvalue weighted by Gasteiger charge is -2.38. The Kier molecular flexibility index (Phi) is 13.4. The third-order valence-corrected chi connectivity index (χ3v) is 11.3. The van der Waals surface area contributed by atoms with Crippen molar-refractivity contribution < 1.29 is 19.4 Å². The van der Waals surface area contributed by atoms with Gasteiger partial charge in [-0.1, -0.05) is 56.0 Å². The SMILES string of the molecule is CCc1c(-c2ccc(C(=O)NCCN)nc2)cnc(N)c1-c1ccc(Oc2ccc([C@H](C)CC(=O)N3CCC(O)(Cn4cnc5cc(C#CCN)ccc5c4=O)CC3)cc2)cc1. The van der Waals surface area contributed by atoms with Crippen molar-refractivity contribution in [3.63, 3.8) is 0 Å². The molecule has 7 rings (SSSR count). The molecule has 0 unspecified atom stereocenters. The maximum absolute atomic E-state index is 13.4. The molecule has 3 aromatic carbocycles. The molecule has 0 aliphatic carbocycles. The Balaban J connectivity index is 0.931. The van der Waals surface area contributed by atoms with Gasteiger partial charge in [-0.25, -0.2) is 9.97 Å². The number of amides is 2. The number of piperidine rings is 1. The number of likely N-dealkylation sites (tertiary alicyclic amines) is 1. The van der Waals surface area contributed by atoms with E-state index >= 15 is 0 Å². The van der Waals surface area contributed by atoms with Crippen LogP contribution in [0.1, 0.15) is 66.2 Å². The largest absolute Gasteiger partial charge is 0.457 e. The number of hydrogen-bond acceptors (Lipinski definition) is 11. The van der Waals surface area contributed by atoms with Crippen LogP contribution in [0.5, 0.6) is 11.5 Å². The number of carbonyl (C=O) groups is 2. The Morgan fingerprint density at radius 1 is 0.935 bits per heavy atom. The molecule has 0 bridgehead atoms. The molecule has 8 N–H and O–H groups in total. The van der Waals surface area contributed by atoms with Crippen molar-refractivity contribution in [3.05, 3.63) is 130 Å². The number of fused-ring (bicyclic) bond motifs is 1. The van der Waals surface area contributed by atoms with Crippen LogP contribution in [0.4, 0.5) is 5.82 Å². The number of benzene rings is 3. The molecule has 1 fully saturated rings. The highest BCUT2D eigenvalue weighted by molar-refractivity contribution is 5.93. The van der Waals surface area contributed by atoms with Crippen LogP contribution >= 0.6 is 0 Å². The zero-order valence-corrected chi connectivity index (χ0v) is 34.9. The highest BCUT2D eigenvalue weighted by Crippen LogP contribution is 2.37. The van der Waals surface area contributed by atoms with Gasteiger partial charge in [-0.2, -0.15) is 0 Å². The first-order valence-corrected chi connectivity index (χ1v) is 20.8. The van der Waals surface area contributed by atoms with Crippen LogP contribution < -0.4 is 32.8 Å². The number of nitrogens with one attached hydrogen (secondary N) is 1. The van der Waals surface area contributed by atoms with E-state index in [9.17, 15) is 19.5 Å². The van der Waals surface area contributed by atoms with Crippen molar-refractivity contribution >= 4 is 28.5 Å². The summed E-state index contributed by atoms with van der Waals surface area (Å²) in [6, 6.07) is 24.2. The van der Waals surface area contributed by atoms with Crippen molar-refractivity contribution in [3.8, 4) is 45.6 Å². The molecule has 14 heteroatoms. The second kappa shape index (κ2) is 19.2. The zero-order valence-electron chi connectivity index (χ0n) is 34.9. The quantitative estimate of drug-likeness (QED) is 0.0976. The molecule has 6 aromatic rings. The number of carbonyl (C=O) groups excluding carboxylic acids is 2. The zero-order chi connectivity index (χ0) is 43.8. The van der Waals surface area contributed by atoms with E-state index in [0.29, 0.717) is 85.8 Å². The first-order chi connectivity index (χ1) is 30.0. The minimum atomic E-state index is -1.14. The lowest BCUT2D eigenvalue weighted by molar-refractivity contribution is -0.136. The molecule has 0 spiro atoms. The van der Waals surface area contributed by atoms with Crippen LogP contribution in [0.15, 0.2) is 102 Å². The van der Waals surface area contributed by atoms with Crippen LogP contribution in [-0.4, -0.2) is 79.7 Å². The van der Waals surface area contributed by atoms with Crippen LogP contribution in [0.2, 0.25) is 0 Å². The van der Waals surface area contributed by atoms with Gasteiger partial charge in [0, 0.05) is 67.2 Å². The van der Waals surface area contributed by atoms with Crippen molar-refractivity contribution in [2.45, 2.75) is 57.6 Å². The van der Waals surface area contributed by atoms with Crippen LogP contribution in [0, 0.1) is 11.8 Å². The number of aromatic nitrogens is 4. The van der Waals surface area contributed by atoms with Gasteiger partial charge in [0.2, 0.25) is 5.91 Å². The molecule has 1 saturated heterocycles. The maximum atomic E-state index is 13.4. The van der Waals surface area contributed by atoms with Gasteiger partial charge in [0.15, 0.2) is 0 Å². The number of nitrogens with two attached hydrogens (primary N) is 3. The fourth-order valence-electron chi connectivity index (χ4n) is 7.82. The number of pyridine rings is 2. The van der Waals surface area contributed by atoms with Gasteiger partial charge in [-0.15, -0.1) is 0 Å². The molecule has 1 aliphatic heterocycles. The van der Waals surface area contributed by atoms with Crippen molar-refractivity contribution in [1.82, 2.24) is 29.7 Å². The molecule has 4 heterocycles. The van der Waals surface area contributed by atoms with E-state index in [0.717, 1.165) is 38.9 Å². The Bertz CT molecular complexity index is 2680. The van der Waals surface area contributed by atoms with E-state index < -0.39 is 5.60 Å². The Morgan fingerprint density at radius 2 is 1.65 bits per heavy atom. The minimum absolute atomic E-state index is 0.0170. The molecular formula is C48H51N9O5. The summed E-state index contributed by atoms with van der Waals surface area (Å²) in [6.07, 6.45) is 6.57. The monoisotopic (exact) mass is 833 g/mol. The summed E-state index contributed by atoms with van der Waals surface area (Å²) in [5.74, 6) is 7.16. The molecule has 1 atom stereocenters. The molecule has 0 saturated carbocycles. The van der Waals surface area contributed by atoms with Crippen LogP contribution in [0.25, 0.3) is 33.2 Å². The van der Waals surface area contributed by atoms with Gasteiger partial charge in [-0.05, 0) is 90.4 Å². The lowest BCUT2D eigenvalue weighted by Crippen LogP contribution is -2.49. The maximum Gasteiger partial charge on any atom is 0.269 e. The van der Waals surface area contributed by atoms with Gasteiger partial charge >= 0.3 is 0 Å². The Hall–Kier alpha value is -6.92. The van der Waals surface area contributed by atoms with Gasteiger partial charge in [-0.3, -0.25) is 23.9 Å². The fourth-order valence-corrected chi connectivity index (χ4v) is 7.82. The Morgan fingerprint density at radius 3 is 2.31 bits per heavy atom. The third kappa shape index (κ3) is 9.82. The fraction of sp³-hybridized carbons (Fsp3) is 0.292. The van der Waals surface area contributed by atoms with Crippen LogP contribution in [-0.2, 0) is 17.8 Å². The third-order valence-electron chi connectivity index (χ3n) is 11.3. The highest BCUT2D eigenvalue weighted by atomic mass is 16.5. The summed E-state index contributed by atoms with van der Waals surface area (Å²) in [6.45, 7) is 5.92. The topological polar surface area (TPSA) is 218 Å². The van der Waals surface area contributed by atoms with E-state index in [1.165, 1.54) is 10.9 Å². The summed E-state index contributed by atoms with van der Waals surface area (Å²) >= 11 is 0. The number of nitrogens with zero attached hydrogens (tertiary/aromatic N) is 5. The average Bonchev–Trinajstić information content (AvgIpc) is 3.29. The number of hydrogen-bond donors (Lipinski definition) is 5. The first-order valence-electron chi connectivity index (χ1n) is 20.8. The number of anilines is 1. The van der Waals surface area contributed by atoms with E-state index in [1.807, 2.05) is 61.5 Å². The molecule has 0 radical (unpaired) electrons. The molecule has 2 amide bonds. The second-order valence-corrected chi connectivity index (χ2v) is 15.6. The molecule has 1 aliphatic rings. The van der Waals surface area contributed by atoms with Gasteiger partial charge in [0.25, 0.3) is 11.5 Å². The molecule has 14 nitrogen and oxygen atoms in total. The number of nitrogen functional groups attached to an aromatic ring is 1. The van der Waals surface area contributed by atoms with Gasteiger partial charge in [0.1, 0.15) is 23.0 Å². The number of rotatable bonds is 13. The van der Waals surface area contributed by atoms with E-state index in [1.54, 1.807) is 41.6 Å². The summed E-state index contributed by atoms with van der Waals surface area (Å²) in [7, 11) is 0. The van der Waals surface area contributed by atoms with E-state index in [-0.39, 0.29) is 36.4 Å². The van der Waals surface area contributed by atoms with Crippen LogP contribution in [0.3, 0.4) is 0 Å². The minimum Gasteiger partial charge on any atom is -0.457 e. The average molecular weight is 834 g/mol. The van der Waals surface area contributed by atoms with Gasteiger partial charge in [0.05, 0.1) is 35.9 Å². The normalized spacial score (nSPS) is 13.9. The predicted octanol–water partition coefficient (Wildman–Crippen LogP) is 5.00. The number of ether oxygens (including phenoxy) is 1. The van der Waals surface area contributed by atoms with Crippen molar-refractivity contribution in [2.75, 3.05) is 38.5 Å². The standard InChI is InChI=1S/C48H51N9O5/c1-3-38-40(35-11-17-41(53-27-35)46(59)52-22-21-50)28-54-45(51)44(38)34-9-14-37(15-10-34)62-36-12-7-33(8-13-36)31(2)25-43(58)56-23-18-48(61,19-24-56)29-57-30-55-42-26-32(5-4-20-49)6-16-39(42)47(57)60/h6-17,26-28,30-31,61H,3,18-25,29,49-50H2,1-2H3,(H2,51,54)(H,52,59)/t31-/m1/s1. The van der Waals surface area contributed by atoms with Crippen molar-refractivity contribution in [1.29, 1.82) is 0 Å². The van der Waals surface area contributed by atoms with E-state index in [2.05, 4.69) is 39.0 Å². The van der Waals surface area contributed by atoms with E-state index in [4.69, 9.17) is 21.9 Å². The van der Waals surface area contributed by atoms with Gasteiger partial charge < -0.3 is 37.3 Å². The lowest BCUT2D eigenvalue weighted by atomic mass is 9.90. The molecule has 318 valence electrons. The van der Waals surface area contributed by atoms with Crippen molar-refractivity contribution in [2.24, 2.45) is 11.5 Å². The first kappa shape index (κ1) is 43.2. The Labute approximate surface area is 360 Å².